The Bertz CT molecular complexity index is 1250. The quantitative estimate of drug-likeness (QED) is 0.321. The molecule has 182 valence electrons. The maximum atomic E-state index is 13.4. The van der Waals surface area contributed by atoms with E-state index in [9.17, 15) is 23.9 Å². The van der Waals surface area contributed by atoms with Crippen LogP contribution in [0.4, 0.5) is 10.2 Å². The third-order valence-corrected chi connectivity index (χ3v) is 6.34. The molecular formula is C25H26FN5O4. The van der Waals surface area contributed by atoms with Gasteiger partial charge in [0, 0.05) is 31.1 Å². The molecule has 1 amide bonds. The van der Waals surface area contributed by atoms with E-state index in [1.807, 2.05) is 24.3 Å². The average Bonchev–Trinajstić information content (AvgIpc) is 2.82. The largest absolute Gasteiger partial charge is 0.479 e. The molecule has 2 atom stereocenters. The molecule has 0 radical (unpaired) electrons. The minimum Gasteiger partial charge on any atom is -0.479 e. The number of nitrogens with zero attached hydrogens (tertiary/aromatic N) is 2. The molecule has 1 aromatic heterocycles. The number of carboxylic acids is 1. The minimum absolute atomic E-state index is 0.0552. The number of likely N-dealkylation sites (tertiary alicyclic amines) is 1. The number of nitrogen functional groups attached to an aromatic ring is 1. The molecule has 10 heteroatoms. The third kappa shape index (κ3) is 4.98. The molecule has 1 unspecified atom stereocenters. The van der Waals surface area contributed by atoms with Gasteiger partial charge in [-0.2, -0.15) is 0 Å². The number of amides is 1. The van der Waals surface area contributed by atoms with Crippen molar-refractivity contribution >= 4 is 34.8 Å². The van der Waals surface area contributed by atoms with Crippen LogP contribution in [0, 0.1) is 5.82 Å². The number of fused-ring (bicyclic) bond motifs is 1. The Balaban J connectivity index is 1.51. The van der Waals surface area contributed by atoms with Crippen LogP contribution in [0.1, 0.15) is 17.5 Å². The first kappa shape index (κ1) is 24.2. The number of carboxylic acid groups (broad SMARTS) is 1. The number of hydrogen-bond donors (Lipinski definition) is 4. The van der Waals surface area contributed by atoms with Gasteiger partial charge in [-0.15, -0.1) is 0 Å². The van der Waals surface area contributed by atoms with Crippen LogP contribution < -0.4 is 16.4 Å². The van der Waals surface area contributed by atoms with E-state index in [-0.39, 0.29) is 25.4 Å². The van der Waals surface area contributed by atoms with Gasteiger partial charge in [-0.3, -0.25) is 15.0 Å². The van der Waals surface area contributed by atoms with Gasteiger partial charge in [0.25, 0.3) is 0 Å². The summed E-state index contributed by atoms with van der Waals surface area (Å²) in [6.07, 6.45) is 2.59. The highest BCUT2D eigenvalue weighted by Gasteiger charge is 2.52. The zero-order chi connectivity index (χ0) is 25.0. The second kappa shape index (κ2) is 10.2. The maximum absolute atomic E-state index is 13.4. The zero-order valence-corrected chi connectivity index (χ0v) is 18.9. The predicted octanol–water partition coefficient (Wildman–Crippen LogP) is 1.46. The summed E-state index contributed by atoms with van der Waals surface area (Å²) >= 11 is 0. The number of nitrogens with two attached hydrogens (primary N) is 1. The Labute approximate surface area is 201 Å². The molecule has 1 fully saturated rings. The fourth-order valence-corrected chi connectivity index (χ4v) is 4.43. The first-order valence-corrected chi connectivity index (χ1v) is 11.2. The lowest BCUT2D eigenvalue weighted by Gasteiger charge is -2.50. The summed E-state index contributed by atoms with van der Waals surface area (Å²) in [4.78, 5) is 42.2. The van der Waals surface area contributed by atoms with Gasteiger partial charge in [0.15, 0.2) is 5.66 Å². The van der Waals surface area contributed by atoms with Crippen molar-refractivity contribution in [2.75, 3.05) is 18.8 Å². The molecule has 1 aliphatic rings. The van der Waals surface area contributed by atoms with Gasteiger partial charge in [-0.25, -0.2) is 14.2 Å². The summed E-state index contributed by atoms with van der Waals surface area (Å²) in [6.45, 7) is 0.383. The number of nitrogens with one attached hydrogen (secondary N) is 2. The molecule has 1 aliphatic heterocycles. The summed E-state index contributed by atoms with van der Waals surface area (Å²) in [7, 11) is 0. The van der Waals surface area contributed by atoms with Crippen LogP contribution in [0.15, 0.2) is 54.7 Å². The average molecular weight is 480 g/mol. The number of aliphatic carboxylic acids is 1. The van der Waals surface area contributed by atoms with E-state index in [0.717, 1.165) is 16.3 Å². The van der Waals surface area contributed by atoms with Crippen LogP contribution in [-0.4, -0.2) is 57.9 Å². The van der Waals surface area contributed by atoms with Crippen molar-refractivity contribution in [1.29, 1.82) is 0 Å². The first-order chi connectivity index (χ1) is 16.8. The minimum atomic E-state index is -1.70. The van der Waals surface area contributed by atoms with Crippen molar-refractivity contribution in [3.63, 3.8) is 0 Å². The van der Waals surface area contributed by atoms with Crippen LogP contribution >= 0.6 is 0 Å². The molecular weight excluding hydrogens is 453 g/mol. The van der Waals surface area contributed by atoms with E-state index in [4.69, 9.17) is 5.73 Å². The van der Waals surface area contributed by atoms with Crippen molar-refractivity contribution in [3.8, 4) is 0 Å². The summed E-state index contributed by atoms with van der Waals surface area (Å²) in [6, 6.07) is 12.2. The fraction of sp³-hybridized carbons (Fsp3) is 0.280. The number of hydrogen-bond acceptors (Lipinski definition) is 7. The first-order valence-electron chi connectivity index (χ1n) is 11.2. The summed E-state index contributed by atoms with van der Waals surface area (Å²) in [5.74, 6) is -1.55. The van der Waals surface area contributed by atoms with Crippen molar-refractivity contribution in [2.24, 2.45) is 0 Å². The Morgan fingerprint density at radius 1 is 1.20 bits per heavy atom. The lowest BCUT2D eigenvalue weighted by molar-refractivity contribution is -0.166. The van der Waals surface area contributed by atoms with E-state index < -0.39 is 23.5 Å². The van der Waals surface area contributed by atoms with E-state index in [1.54, 1.807) is 11.1 Å². The van der Waals surface area contributed by atoms with E-state index in [2.05, 4.69) is 15.6 Å². The number of aldehydes is 1. The Kier molecular flexibility index (Phi) is 7.04. The van der Waals surface area contributed by atoms with Gasteiger partial charge in [0.1, 0.15) is 17.9 Å². The number of aromatic nitrogens is 1. The molecule has 3 aromatic rings. The predicted molar refractivity (Wildman–Crippen MR) is 128 cm³/mol. The van der Waals surface area contributed by atoms with E-state index in [1.165, 1.54) is 24.3 Å². The smallest absolute Gasteiger partial charge is 0.339 e. The molecule has 5 N–H and O–H groups in total. The number of anilines is 1. The van der Waals surface area contributed by atoms with Crippen LogP contribution in [-0.2, 0) is 27.3 Å². The number of rotatable bonds is 10. The van der Waals surface area contributed by atoms with Crippen LogP contribution in [0.5, 0.6) is 0 Å². The van der Waals surface area contributed by atoms with Crippen molar-refractivity contribution in [2.45, 2.75) is 31.1 Å². The van der Waals surface area contributed by atoms with Crippen LogP contribution in [0.25, 0.3) is 10.8 Å². The molecule has 0 spiro atoms. The van der Waals surface area contributed by atoms with Gasteiger partial charge >= 0.3 is 5.97 Å². The van der Waals surface area contributed by atoms with Crippen LogP contribution in [0.2, 0.25) is 0 Å². The second-order valence-corrected chi connectivity index (χ2v) is 8.48. The molecule has 1 saturated heterocycles. The molecule has 35 heavy (non-hydrogen) atoms. The van der Waals surface area contributed by atoms with Gasteiger partial charge in [-0.1, -0.05) is 24.3 Å². The number of carbonyl (C=O) groups excluding carboxylic acids is 2. The summed E-state index contributed by atoms with van der Waals surface area (Å²) < 4.78 is 13.4. The molecule has 9 nitrogen and oxygen atoms in total. The monoisotopic (exact) mass is 479 g/mol. The van der Waals surface area contributed by atoms with Gasteiger partial charge in [0.2, 0.25) is 5.91 Å². The summed E-state index contributed by atoms with van der Waals surface area (Å²) in [5.41, 5.74) is 5.61. The zero-order valence-electron chi connectivity index (χ0n) is 18.9. The van der Waals surface area contributed by atoms with Crippen molar-refractivity contribution in [1.82, 2.24) is 20.5 Å². The lowest BCUT2D eigenvalue weighted by Crippen LogP contribution is -2.74. The Morgan fingerprint density at radius 2 is 1.94 bits per heavy atom. The van der Waals surface area contributed by atoms with E-state index >= 15 is 0 Å². The maximum Gasteiger partial charge on any atom is 0.339 e. The molecule has 0 saturated carbocycles. The standard InChI is InChI=1S/C25H26FN5O4/c26-19-4-1-16(2-5-19)14-25(24(34)35,30-10-12-32)31-11-8-21(31)23(33)29-15-17-3-6-20-18(13-17)7-9-28-22(20)27/h1-7,9,12-13,21,30H,8,10-11,14-15H2,(H2,27,28)(H,29,33)(H,34,35)/t21-,25?/m0/s1. The third-order valence-electron chi connectivity index (χ3n) is 6.34. The number of halogens is 1. The number of carbonyl (C=O) groups is 3. The van der Waals surface area contributed by atoms with Crippen molar-refractivity contribution < 1.29 is 23.9 Å². The number of benzene rings is 2. The molecule has 2 heterocycles. The van der Waals surface area contributed by atoms with Crippen molar-refractivity contribution in [3.05, 3.63) is 71.7 Å². The van der Waals surface area contributed by atoms with Gasteiger partial charge in [-0.05, 0) is 47.2 Å². The van der Waals surface area contributed by atoms with Gasteiger partial charge < -0.3 is 21.0 Å². The Hall–Kier alpha value is -3.89. The highest BCUT2D eigenvalue weighted by atomic mass is 19.1. The van der Waals surface area contributed by atoms with Gasteiger partial charge in [0.05, 0.1) is 12.6 Å². The molecule has 0 aliphatic carbocycles. The normalized spacial score (nSPS) is 17.3. The second-order valence-electron chi connectivity index (χ2n) is 8.48. The highest BCUT2D eigenvalue weighted by molar-refractivity contribution is 5.91. The molecule has 4 rings (SSSR count). The van der Waals surface area contributed by atoms with E-state index in [0.29, 0.717) is 30.6 Å². The highest BCUT2D eigenvalue weighted by Crippen LogP contribution is 2.30. The lowest BCUT2D eigenvalue weighted by atomic mass is 9.89. The Morgan fingerprint density at radius 3 is 2.60 bits per heavy atom. The van der Waals surface area contributed by atoms with Crippen LogP contribution in [0.3, 0.4) is 0 Å². The molecule has 0 bridgehead atoms. The topological polar surface area (TPSA) is 138 Å². The summed E-state index contributed by atoms with van der Waals surface area (Å²) in [5, 5.41) is 17.6. The fourth-order valence-electron chi connectivity index (χ4n) is 4.43. The SMILES string of the molecule is Nc1nccc2cc(CNC(=O)[C@@H]3CCN3C(Cc3ccc(F)cc3)(NCC=O)C(=O)O)ccc12. The molecule has 2 aromatic carbocycles. The number of pyridine rings is 1.